The fourth-order valence-electron chi connectivity index (χ4n) is 2.32. The minimum Gasteiger partial charge on any atom is -0.361 e. The highest BCUT2D eigenvalue weighted by Crippen LogP contribution is 2.22. The molecule has 108 valence electrons. The molecule has 0 aliphatic carbocycles. The number of benzene rings is 1. The summed E-state index contributed by atoms with van der Waals surface area (Å²) in [7, 11) is 8.02. The normalized spacial score (nSPS) is 10.7. The molecule has 1 aromatic heterocycles. The van der Waals surface area contributed by atoms with E-state index in [-0.39, 0.29) is 0 Å². The molecule has 0 fully saturated rings. The first-order valence-electron chi connectivity index (χ1n) is 6.63. The van der Waals surface area contributed by atoms with E-state index >= 15 is 0 Å². The lowest BCUT2D eigenvalue weighted by Crippen LogP contribution is -2.35. The second-order valence-corrected chi connectivity index (χ2v) is 5.66. The van der Waals surface area contributed by atoms with Gasteiger partial charge >= 0.3 is 0 Å². The molecule has 20 heavy (non-hydrogen) atoms. The number of nitrogens with one attached hydrogen (secondary N) is 1. The van der Waals surface area contributed by atoms with Crippen molar-refractivity contribution in [1.82, 2.24) is 14.8 Å². The standard InChI is InChI=1S/C15H21ClN4/c1-19(2)15(20(3)4)17-8-7-11-10-18-14-6-5-12(16)9-13(11)14/h5-6,9-10,18H,7-8H2,1-4H3. The molecule has 2 rings (SSSR count). The van der Waals surface area contributed by atoms with E-state index in [0.29, 0.717) is 0 Å². The van der Waals surface area contributed by atoms with Crippen LogP contribution in [0.2, 0.25) is 5.02 Å². The summed E-state index contributed by atoms with van der Waals surface area (Å²) in [5, 5.41) is 1.95. The monoisotopic (exact) mass is 292 g/mol. The largest absolute Gasteiger partial charge is 0.361 e. The van der Waals surface area contributed by atoms with Crippen molar-refractivity contribution in [2.24, 2.45) is 4.99 Å². The van der Waals surface area contributed by atoms with Crippen LogP contribution in [0.4, 0.5) is 0 Å². The van der Waals surface area contributed by atoms with Crippen molar-refractivity contribution in [2.45, 2.75) is 6.42 Å². The van der Waals surface area contributed by atoms with Crippen molar-refractivity contribution in [3.05, 3.63) is 35.0 Å². The average molecular weight is 293 g/mol. The van der Waals surface area contributed by atoms with Crippen molar-refractivity contribution >= 4 is 28.5 Å². The maximum Gasteiger partial charge on any atom is 0.195 e. The number of halogens is 1. The van der Waals surface area contributed by atoms with Gasteiger partial charge in [0.25, 0.3) is 0 Å². The fourth-order valence-corrected chi connectivity index (χ4v) is 2.49. The molecule has 1 aromatic carbocycles. The zero-order chi connectivity index (χ0) is 14.7. The summed E-state index contributed by atoms with van der Waals surface area (Å²) >= 11 is 6.06. The number of hydrogen-bond donors (Lipinski definition) is 1. The Balaban J connectivity index is 2.13. The number of H-pyrrole nitrogens is 1. The molecular weight excluding hydrogens is 272 g/mol. The van der Waals surface area contributed by atoms with Crippen LogP contribution in [0.25, 0.3) is 10.9 Å². The molecule has 0 aliphatic heterocycles. The van der Waals surface area contributed by atoms with Crippen molar-refractivity contribution in [1.29, 1.82) is 0 Å². The number of fused-ring (bicyclic) bond motifs is 1. The van der Waals surface area contributed by atoms with E-state index in [0.717, 1.165) is 29.5 Å². The number of hydrogen-bond acceptors (Lipinski definition) is 1. The van der Waals surface area contributed by atoms with Gasteiger partial charge in [-0.2, -0.15) is 0 Å². The van der Waals surface area contributed by atoms with E-state index in [1.54, 1.807) is 0 Å². The van der Waals surface area contributed by atoms with Gasteiger partial charge in [0.15, 0.2) is 5.96 Å². The minimum atomic E-state index is 0.755. The Morgan fingerprint density at radius 1 is 1.20 bits per heavy atom. The van der Waals surface area contributed by atoms with E-state index in [1.807, 2.05) is 62.4 Å². The van der Waals surface area contributed by atoms with E-state index in [2.05, 4.69) is 9.98 Å². The van der Waals surface area contributed by atoms with Crippen LogP contribution in [0, 0.1) is 0 Å². The quantitative estimate of drug-likeness (QED) is 0.697. The summed E-state index contributed by atoms with van der Waals surface area (Å²) in [6.07, 6.45) is 2.94. The lowest BCUT2D eigenvalue weighted by molar-refractivity contribution is 0.479. The topological polar surface area (TPSA) is 34.6 Å². The Kier molecular flexibility index (Phi) is 4.55. The van der Waals surface area contributed by atoms with E-state index in [9.17, 15) is 0 Å². The summed E-state index contributed by atoms with van der Waals surface area (Å²) in [4.78, 5) is 12.0. The summed E-state index contributed by atoms with van der Waals surface area (Å²) in [6.45, 7) is 0.755. The van der Waals surface area contributed by atoms with Crippen LogP contribution in [0.3, 0.4) is 0 Å². The van der Waals surface area contributed by atoms with Crippen molar-refractivity contribution in [3.63, 3.8) is 0 Å². The van der Waals surface area contributed by atoms with E-state index in [1.165, 1.54) is 10.9 Å². The van der Waals surface area contributed by atoms with Crippen LogP contribution < -0.4 is 0 Å². The van der Waals surface area contributed by atoms with Crippen LogP contribution >= 0.6 is 11.6 Å². The molecule has 5 heteroatoms. The van der Waals surface area contributed by atoms with Gasteiger partial charge in [0, 0.05) is 56.9 Å². The molecule has 0 amide bonds. The van der Waals surface area contributed by atoms with Crippen LogP contribution in [0.5, 0.6) is 0 Å². The Labute approximate surface area is 125 Å². The lowest BCUT2D eigenvalue weighted by atomic mass is 10.1. The second kappa shape index (κ2) is 6.18. The number of nitrogens with zero attached hydrogens (tertiary/aromatic N) is 3. The van der Waals surface area contributed by atoms with Crippen LogP contribution in [0.1, 0.15) is 5.56 Å². The predicted molar refractivity (Wildman–Crippen MR) is 86.7 cm³/mol. The van der Waals surface area contributed by atoms with Gasteiger partial charge in [-0.1, -0.05) is 11.6 Å². The highest BCUT2D eigenvalue weighted by molar-refractivity contribution is 6.31. The number of aromatic nitrogens is 1. The molecule has 0 bridgehead atoms. The summed E-state index contributed by atoms with van der Waals surface area (Å²) in [5.41, 5.74) is 2.37. The number of guanidine groups is 1. The van der Waals surface area contributed by atoms with Gasteiger partial charge in [-0.15, -0.1) is 0 Å². The fraction of sp³-hybridized carbons (Fsp3) is 0.400. The average Bonchev–Trinajstić information content (AvgIpc) is 2.76. The van der Waals surface area contributed by atoms with E-state index < -0.39 is 0 Å². The van der Waals surface area contributed by atoms with Crippen LogP contribution in [-0.4, -0.2) is 55.5 Å². The first-order chi connectivity index (χ1) is 9.49. The maximum absolute atomic E-state index is 6.06. The molecular formula is C15H21ClN4. The maximum atomic E-state index is 6.06. The first-order valence-corrected chi connectivity index (χ1v) is 7.01. The van der Waals surface area contributed by atoms with Crippen LogP contribution in [-0.2, 0) is 6.42 Å². The zero-order valence-corrected chi connectivity index (χ0v) is 13.2. The number of aromatic amines is 1. The Morgan fingerprint density at radius 3 is 2.55 bits per heavy atom. The smallest absolute Gasteiger partial charge is 0.195 e. The van der Waals surface area contributed by atoms with E-state index in [4.69, 9.17) is 11.6 Å². The highest BCUT2D eigenvalue weighted by atomic mass is 35.5. The minimum absolute atomic E-state index is 0.755. The van der Waals surface area contributed by atoms with Gasteiger partial charge in [0.1, 0.15) is 0 Å². The molecule has 0 unspecified atom stereocenters. The van der Waals surface area contributed by atoms with Gasteiger partial charge in [-0.25, -0.2) is 0 Å². The highest BCUT2D eigenvalue weighted by Gasteiger charge is 2.06. The molecule has 1 N–H and O–H groups in total. The summed E-state index contributed by atoms with van der Waals surface area (Å²) < 4.78 is 0. The van der Waals surface area contributed by atoms with Crippen molar-refractivity contribution < 1.29 is 0 Å². The Bertz CT molecular complexity index is 603. The Morgan fingerprint density at radius 2 is 1.90 bits per heavy atom. The molecule has 0 radical (unpaired) electrons. The first kappa shape index (κ1) is 14.7. The SMILES string of the molecule is CN(C)C(=NCCc1c[nH]c2ccc(Cl)cc12)N(C)C. The number of aliphatic imine (C=N–C) groups is 1. The zero-order valence-electron chi connectivity index (χ0n) is 12.4. The van der Waals surface area contributed by atoms with Gasteiger partial charge in [-0.05, 0) is 30.2 Å². The van der Waals surface area contributed by atoms with Crippen LogP contribution in [0.15, 0.2) is 29.4 Å². The molecule has 0 spiro atoms. The summed E-state index contributed by atoms with van der Waals surface area (Å²) in [6, 6.07) is 5.92. The van der Waals surface area contributed by atoms with Crippen molar-refractivity contribution in [2.75, 3.05) is 34.7 Å². The molecule has 4 nitrogen and oxygen atoms in total. The third-order valence-corrected chi connectivity index (χ3v) is 3.40. The molecule has 0 saturated heterocycles. The predicted octanol–water partition coefficient (Wildman–Crippen LogP) is 2.84. The third kappa shape index (κ3) is 3.25. The number of rotatable bonds is 3. The molecule has 0 aliphatic rings. The Hall–Kier alpha value is -1.68. The molecule has 0 atom stereocenters. The van der Waals surface area contributed by atoms with Gasteiger partial charge in [0.05, 0.1) is 0 Å². The van der Waals surface area contributed by atoms with Crippen molar-refractivity contribution in [3.8, 4) is 0 Å². The molecule has 1 heterocycles. The summed E-state index contributed by atoms with van der Waals surface area (Å²) in [5.74, 6) is 0.975. The van der Waals surface area contributed by atoms with Gasteiger partial charge in [-0.3, -0.25) is 4.99 Å². The van der Waals surface area contributed by atoms with Gasteiger partial charge in [0.2, 0.25) is 0 Å². The lowest BCUT2D eigenvalue weighted by Gasteiger charge is -2.22. The second-order valence-electron chi connectivity index (χ2n) is 5.22. The third-order valence-electron chi connectivity index (χ3n) is 3.16. The molecule has 2 aromatic rings. The van der Waals surface area contributed by atoms with Gasteiger partial charge < -0.3 is 14.8 Å². The molecule has 0 saturated carbocycles.